The number of amides is 1. The van der Waals surface area contributed by atoms with E-state index in [1.165, 1.54) is 18.4 Å². The summed E-state index contributed by atoms with van der Waals surface area (Å²) in [6.07, 6.45) is 2.27. The smallest absolute Gasteiger partial charge is 0.283 e. The van der Waals surface area contributed by atoms with Crippen LogP contribution in [-0.4, -0.2) is 30.3 Å². The van der Waals surface area contributed by atoms with Gasteiger partial charge in [0.05, 0.1) is 25.3 Å². The summed E-state index contributed by atoms with van der Waals surface area (Å²) < 4.78 is 13.2. The van der Waals surface area contributed by atoms with Crippen LogP contribution in [0, 0.1) is 0 Å². The lowest BCUT2D eigenvalue weighted by Gasteiger charge is -2.22. The van der Waals surface area contributed by atoms with Crippen LogP contribution in [0.5, 0.6) is 5.75 Å². The first-order chi connectivity index (χ1) is 12.8. The van der Waals surface area contributed by atoms with Gasteiger partial charge in [-0.25, -0.2) is 0 Å². The van der Waals surface area contributed by atoms with Crippen molar-refractivity contribution in [2.24, 2.45) is 4.99 Å². The van der Waals surface area contributed by atoms with Crippen molar-refractivity contribution in [2.45, 2.75) is 51.7 Å². The highest BCUT2D eigenvalue weighted by atomic mass is 35.5. The maximum atomic E-state index is 12.9. The monoisotopic (exact) mass is 408 g/mol. The predicted molar refractivity (Wildman–Crippen MR) is 108 cm³/mol. The van der Waals surface area contributed by atoms with Gasteiger partial charge in [0.15, 0.2) is 4.80 Å². The summed E-state index contributed by atoms with van der Waals surface area (Å²) in [5.41, 5.74) is 1.45. The van der Waals surface area contributed by atoms with Crippen molar-refractivity contribution in [3.8, 4) is 5.75 Å². The maximum Gasteiger partial charge on any atom is 0.283 e. The van der Waals surface area contributed by atoms with Crippen molar-refractivity contribution in [2.75, 3.05) is 13.7 Å². The van der Waals surface area contributed by atoms with Crippen LogP contribution < -0.4 is 9.54 Å². The minimum Gasteiger partial charge on any atom is -0.496 e. The molecular formula is C20H25ClN2O3S. The van der Waals surface area contributed by atoms with E-state index in [9.17, 15) is 4.79 Å². The van der Waals surface area contributed by atoms with Gasteiger partial charge in [-0.2, -0.15) is 4.99 Å². The fourth-order valence-electron chi connectivity index (χ4n) is 3.17. The molecule has 0 aliphatic carbocycles. The molecule has 1 aliphatic rings. The normalized spacial score (nSPS) is 18.1. The van der Waals surface area contributed by atoms with Crippen molar-refractivity contribution in [1.29, 1.82) is 0 Å². The third-order valence-corrected chi connectivity index (χ3v) is 5.66. The number of rotatable bonds is 4. The third-order valence-electron chi connectivity index (χ3n) is 4.57. The summed E-state index contributed by atoms with van der Waals surface area (Å²) in [6.45, 7) is 7.98. The van der Waals surface area contributed by atoms with Gasteiger partial charge in [0.2, 0.25) is 0 Å². The Kier molecular flexibility index (Phi) is 6.08. The number of hydrogen-bond acceptors (Lipinski definition) is 4. The summed E-state index contributed by atoms with van der Waals surface area (Å²) in [5.74, 6) is 0.101. The van der Waals surface area contributed by atoms with Crippen LogP contribution in [0.3, 0.4) is 0 Å². The number of hydrogen-bond donors (Lipinski definition) is 0. The van der Waals surface area contributed by atoms with Gasteiger partial charge in [-0.05, 0) is 31.0 Å². The molecule has 2 heterocycles. The number of methoxy groups -OCH3 is 1. The van der Waals surface area contributed by atoms with Gasteiger partial charge in [-0.15, -0.1) is 11.3 Å². The molecule has 0 unspecified atom stereocenters. The SMILES string of the molecule is COc1ccc(Cl)cc1C(=O)N=c1scc(C(C)(C)C)n1C[C@H]1CCCO1. The molecule has 1 aromatic carbocycles. The molecule has 1 fully saturated rings. The lowest BCUT2D eigenvalue weighted by Crippen LogP contribution is -2.30. The fraction of sp³-hybridized carbons (Fsp3) is 0.500. The summed E-state index contributed by atoms with van der Waals surface area (Å²) in [4.78, 5) is 17.9. The summed E-state index contributed by atoms with van der Waals surface area (Å²) in [6, 6.07) is 4.97. The second-order valence-electron chi connectivity index (χ2n) is 7.66. The van der Waals surface area contributed by atoms with Crippen LogP contribution in [-0.2, 0) is 16.7 Å². The molecule has 0 radical (unpaired) electrons. The van der Waals surface area contributed by atoms with Gasteiger partial charge < -0.3 is 14.0 Å². The van der Waals surface area contributed by atoms with E-state index in [0.717, 1.165) is 25.1 Å². The number of ether oxygens (including phenoxy) is 2. The molecule has 7 heteroatoms. The number of carbonyl (C=O) groups is 1. The van der Waals surface area contributed by atoms with E-state index in [0.29, 0.717) is 27.7 Å². The zero-order chi connectivity index (χ0) is 19.6. The standard InChI is InChI=1S/C20H25ClN2O3S/c1-20(2,3)17-12-27-19(23(17)11-14-6-5-9-26-14)22-18(24)15-10-13(21)7-8-16(15)25-4/h7-8,10,12,14H,5-6,9,11H2,1-4H3/t14-/m1/s1. The van der Waals surface area contributed by atoms with Crippen LogP contribution in [0.25, 0.3) is 0 Å². The molecule has 0 saturated carbocycles. The van der Waals surface area contributed by atoms with Crippen molar-refractivity contribution >= 4 is 28.8 Å². The lowest BCUT2D eigenvalue weighted by atomic mass is 9.93. The van der Waals surface area contributed by atoms with Crippen molar-refractivity contribution in [1.82, 2.24) is 4.57 Å². The quantitative estimate of drug-likeness (QED) is 0.751. The van der Waals surface area contributed by atoms with E-state index >= 15 is 0 Å². The topological polar surface area (TPSA) is 52.8 Å². The zero-order valence-electron chi connectivity index (χ0n) is 16.1. The highest BCUT2D eigenvalue weighted by Gasteiger charge is 2.24. The molecule has 146 valence electrons. The Morgan fingerprint density at radius 1 is 1.44 bits per heavy atom. The molecule has 1 aliphatic heterocycles. The van der Waals surface area contributed by atoms with Gasteiger partial charge in [0.1, 0.15) is 5.75 Å². The Balaban J connectivity index is 2.03. The Hall–Kier alpha value is -1.63. The summed E-state index contributed by atoms with van der Waals surface area (Å²) in [7, 11) is 1.53. The average molecular weight is 409 g/mol. The molecule has 2 aromatic rings. The van der Waals surface area contributed by atoms with Crippen LogP contribution in [0.4, 0.5) is 0 Å². The molecular weight excluding hydrogens is 384 g/mol. The third kappa shape index (κ3) is 4.62. The van der Waals surface area contributed by atoms with Gasteiger partial charge in [0.25, 0.3) is 5.91 Å². The number of thiazole rings is 1. The van der Waals surface area contributed by atoms with Gasteiger partial charge >= 0.3 is 0 Å². The Morgan fingerprint density at radius 2 is 2.22 bits per heavy atom. The first-order valence-corrected chi connectivity index (χ1v) is 10.3. The van der Waals surface area contributed by atoms with Gasteiger partial charge in [0, 0.05) is 28.1 Å². The highest BCUT2D eigenvalue weighted by molar-refractivity contribution is 7.07. The molecule has 0 N–H and O–H groups in total. The Morgan fingerprint density at radius 3 is 2.85 bits per heavy atom. The number of aromatic nitrogens is 1. The molecule has 1 amide bonds. The van der Waals surface area contributed by atoms with Crippen molar-refractivity contribution < 1.29 is 14.3 Å². The van der Waals surface area contributed by atoms with Crippen LogP contribution >= 0.6 is 22.9 Å². The summed E-state index contributed by atoms with van der Waals surface area (Å²) in [5, 5.41) is 2.55. The minimum atomic E-state index is -0.363. The van der Waals surface area contributed by atoms with Gasteiger partial charge in [-0.1, -0.05) is 32.4 Å². The second kappa shape index (κ2) is 8.17. The largest absolute Gasteiger partial charge is 0.496 e. The predicted octanol–water partition coefficient (Wildman–Crippen LogP) is 4.43. The van der Waals surface area contributed by atoms with Crippen LogP contribution in [0.15, 0.2) is 28.6 Å². The van der Waals surface area contributed by atoms with Crippen LogP contribution in [0.2, 0.25) is 5.02 Å². The fourth-order valence-corrected chi connectivity index (χ4v) is 4.48. The number of nitrogens with zero attached hydrogens (tertiary/aromatic N) is 2. The van der Waals surface area contributed by atoms with Crippen molar-refractivity contribution in [3.05, 3.63) is 44.7 Å². The van der Waals surface area contributed by atoms with Gasteiger partial charge in [-0.3, -0.25) is 4.79 Å². The molecule has 0 bridgehead atoms. The Labute approximate surface area is 168 Å². The van der Waals surface area contributed by atoms with E-state index < -0.39 is 0 Å². The number of carbonyl (C=O) groups excluding carboxylic acids is 1. The zero-order valence-corrected chi connectivity index (χ0v) is 17.7. The molecule has 1 aromatic heterocycles. The average Bonchev–Trinajstić information content (AvgIpc) is 3.25. The maximum absolute atomic E-state index is 12.9. The van der Waals surface area contributed by atoms with Crippen LogP contribution in [0.1, 0.15) is 49.7 Å². The summed E-state index contributed by atoms with van der Waals surface area (Å²) >= 11 is 7.53. The van der Waals surface area contributed by atoms with Crippen molar-refractivity contribution in [3.63, 3.8) is 0 Å². The van der Waals surface area contributed by atoms with E-state index in [1.54, 1.807) is 18.2 Å². The first-order valence-electron chi connectivity index (χ1n) is 9.02. The van der Waals surface area contributed by atoms with E-state index in [2.05, 4.69) is 35.7 Å². The van der Waals surface area contributed by atoms with E-state index in [-0.39, 0.29) is 17.4 Å². The highest BCUT2D eigenvalue weighted by Crippen LogP contribution is 2.26. The molecule has 5 nitrogen and oxygen atoms in total. The molecule has 3 rings (SSSR count). The second-order valence-corrected chi connectivity index (χ2v) is 8.93. The first kappa shape index (κ1) is 20.1. The molecule has 1 saturated heterocycles. The van der Waals surface area contributed by atoms with E-state index in [4.69, 9.17) is 21.1 Å². The lowest BCUT2D eigenvalue weighted by molar-refractivity contribution is 0.0937. The van der Waals surface area contributed by atoms with E-state index in [1.807, 2.05) is 0 Å². The number of benzene rings is 1. The molecule has 27 heavy (non-hydrogen) atoms. The molecule has 0 spiro atoms. The molecule has 1 atom stereocenters. The Bertz CT molecular complexity index is 889. The minimum absolute atomic E-state index is 0.0559. The number of halogens is 1.